The number of nitrogens with one attached hydrogen (secondary N) is 1. The Hall–Kier alpha value is -1.47. The number of nitrogens with zero attached hydrogens (tertiary/aromatic N) is 1. The van der Waals surface area contributed by atoms with Crippen LogP contribution in [0.3, 0.4) is 0 Å². The number of hydrogen-bond donors (Lipinski definition) is 3. The number of aromatic nitrogens is 2. The first kappa shape index (κ1) is 14.9. The van der Waals surface area contributed by atoms with Crippen molar-refractivity contribution in [1.29, 1.82) is 0 Å². The molecule has 1 aliphatic rings. The normalized spacial score (nSPS) is 27.1. The molecule has 0 aromatic carbocycles. The lowest BCUT2D eigenvalue weighted by Crippen LogP contribution is -2.50. The van der Waals surface area contributed by atoms with E-state index in [9.17, 15) is 24.2 Å². The number of rotatable bonds is 5. The standard InChI is InChI=1S/C13H19FN2O4/c1-2-3-10(18)11-7(6-17)4-9(11)16-5-8(14)12(19)15-13(16)20/h5,7,9-11,17-18H,2-4,6H2,1H3,(H,15,19,20). The molecule has 1 heterocycles. The zero-order valence-electron chi connectivity index (χ0n) is 11.3. The molecule has 4 unspecified atom stereocenters. The molecule has 0 radical (unpaired) electrons. The van der Waals surface area contributed by atoms with Gasteiger partial charge in [0.05, 0.1) is 12.3 Å². The van der Waals surface area contributed by atoms with Crippen LogP contribution >= 0.6 is 0 Å². The maximum atomic E-state index is 13.3. The molecule has 7 heteroatoms. The van der Waals surface area contributed by atoms with Gasteiger partial charge in [-0.1, -0.05) is 13.3 Å². The van der Waals surface area contributed by atoms with Crippen molar-refractivity contribution in [1.82, 2.24) is 9.55 Å². The lowest BCUT2D eigenvalue weighted by molar-refractivity contribution is -0.0603. The van der Waals surface area contributed by atoms with E-state index in [4.69, 9.17) is 0 Å². The number of aliphatic hydroxyl groups is 2. The molecule has 112 valence electrons. The SMILES string of the molecule is CCCC(O)C1C(CO)CC1n1cc(F)c(=O)[nH]c1=O. The van der Waals surface area contributed by atoms with E-state index >= 15 is 0 Å². The van der Waals surface area contributed by atoms with E-state index in [1.165, 1.54) is 0 Å². The van der Waals surface area contributed by atoms with E-state index in [2.05, 4.69) is 0 Å². The van der Waals surface area contributed by atoms with Crippen molar-refractivity contribution in [3.8, 4) is 0 Å². The Morgan fingerprint density at radius 2 is 2.25 bits per heavy atom. The predicted molar refractivity (Wildman–Crippen MR) is 69.9 cm³/mol. The summed E-state index contributed by atoms with van der Waals surface area (Å²) in [6.07, 6.45) is 2.03. The minimum absolute atomic E-state index is 0.0808. The van der Waals surface area contributed by atoms with Gasteiger partial charge in [0.25, 0.3) is 5.56 Å². The Balaban J connectivity index is 2.31. The first-order chi connectivity index (χ1) is 9.49. The average molecular weight is 286 g/mol. The molecule has 0 bridgehead atoms. The third-order valence-electron chi connectivity index (χ3n) is 4.08. The molecule has 0 saturated heterocycles. The summed E-state index contributed by atoms with van der Waals surface area (Å²) in [5.41, 5.74) is -1.73. The van der Waals surface area contributed by atoms with E-state index in [-0.39, 0.29) is 18.4 Å². The number of H-pyrrole nitrogens is 1. The Bertz CT molecular complexity index is 582. The quantitative estimate of drug-likeness (QED) is 0.710. The van der Waals surface area contributed by atoms with Crippen LogP contribution in [0.5, 0.6) is 0 Å². The van der Waals surface area contributed by atoms with Gasteiger partial charge in [-0.05, 0) is 18.8 Å². The lowest BCUT2D eigenvalue weighted by atomic mass is 9.66. The van der Waals surface area contributed by atoms with Gasteiger partial charge in [0.1, 0.15) is 0 Å². The molecule has 1 saturated carbocycles. The molecule has 4 atom stereocenters. The molecule has 1 aromatic rings. The van der Waals surface area contributed by atoms with Crippen LogP contribution in [0.4, 0.5) is 4.39 Å². The molecule has 1 aliphatic carbocycles. The molecule has 6 nitrogen and oxygen atoms in total. The monoisotopic (exact) mass is 286 g/mol. The van der Waals surface area contributed by atoms with Gasteiger partial charge in [0, 0.05) is 18.6 Å². The Labute approximate surface area is 114 Å². The average Bonchev–Trinajstić information content (AvgIpc) is 2.35. The molecule has 1 fully saturated rings. The number of halogens is 1. The summed E-state index contributed by atoms with van der Waals surface area (Å²) < 4.78 is 14.4. The molecule has 1 aromatic heterocycles. The van der Waals surface area contributed by atoms with Crippen molar-refractivity contribution in [2.24, 2.45) is 11.8 Å². The second-order valence-corrected chi connectivity index (χ2v) is 5.32. The van der Waals surface area contributed by atoms with Gasteiger partial charge in [-0.2, -0.15) is 4.39 Å². The van der Waals surface area contributed by atoms with Crippen LogP contribution in [0.15, 0.2) is 15.8 Å². The maximum Gasteiger partial charge on any atom is 0.328 e. The minimum Gasteiger partial charge on any atom is -0.396 e. The fourth-order valence-electron chi connectivity index (χ4n) is 3.00. The molecule has 2 rings (SSSR count). The van der Waals surface area contributed by atoms with Crippen molar-refractivity contribution in [2.75, 3.05) is 6.61 Å². The summed E-state index contributed by atoms with van der Waals surface area (Å²) >= 11 is 0. The second-order valence-electron chi connectivity index (χ2n) is 5.32. The van der Waals surface area contributed by atoms with Gasteiger partial charge in [-0.3, -0.25) is 14.3 Å². The van der Waals surface area contributed by atoms with Crippen molar-refractivity contribution in [3.63, 3.8) is 0 Å². The van der Waals surface area contributed by atoms with Gasteiger partial charge < -0.3 is 10.2 Å². The third kappa shape index (κ3) is 2.55. The van der Waals surface area contributed by atoms with Crippen molar-refractivity contribution < 1.29 is 14.6 Å². The second kappa shape index (κ2) is 5.88. The fraction of sp³-hybridized carbons (Fsp3) is 0.692. The third-order valence-corrected chi connectivity index (χ3v) is 4.08. The molecule has 20 heavy (non-hydrogen) atoms. The Morgan fingerprint density at radius 3 is 2.85 bits per heavy atom. The van der Waals surface area contributed by atoms with Crippen LogP contribution in [-0.2, 0) is 0 Å². The van der Waals surface area contributed by atoms with Crippen molar-refractivity contribution in [2.45, 2.75) is 38.3 Å². The van der Waals surface area contributed by atoms with Crippen LogP contribution in [0.1, 0.15) is 32.2 Å². The van der Waals surface area contributed by atoms with Gasteiger partial charge in [0.15, 0.2) is 0 Å². The molecule has 3 N–H and O–H groups in total. The van der Waals surface area contributed by atoms with E-state index in [0.717, 1.165) is 17.2 Å². The highest BCUT2D eigenvalue weighted by Gasteiger charge is 2.45. The summed E-state index contributed by atoms with van der Waals surface area (Å²) in [5.74, 6) is -1.44. The molecular weight excluding hydrogens is 267 g/mol. The van der Waals surface area contributed by atoms with E-state index < -0.39 is 29.2 Å². The maximum absolute atomic E-state index is 13.3. The highest BCUT2D eigenvalue weighted by atomic mass is 19.1. The zero-order chi connectivity index (χ0) is 14.9. The number of aromatic amines is 1. The number of aliphatic hydroxyl groups excluding tert-OH is 2. The van der Waals surface area contributed by atoms with Crippen molar-refractivity contribution >= 4 is 0 Å². The lowest BCUT2D eigenvalue weighted by Gasteiger charge is -2.47. The molecule has 0 spiro atoms. The molecule has 0 amide bonds. The topological polar surface area (TPSA) is 95.3 Å². The van der Waals surface area contributed by atoms with Crippen LogP contribution in [-0.4, -0.2) is 32.5 Å². The van der Waals surface area contributed by atoms with E-state index in [1.807, 2.05) is 11.9 Å². The highest BCUT2D eigenvalue weighted by molar-refractivity contribution is 5.00. The minimum atomic E-state index is -1.05. The smallest absolute Gasteiger partial charge is 0.328 e. The van der Waals surface area contributed by atoms with Crippen molar-refractivity contribution in [3.05, 3.63) is 32.9 Å². The highest BCUT2D eigenvalue weighted by Crippen LogP contribution is 2.46. The van der Waals surface area contributed by atoms with E-state index in [1.54, 1.807) is 0 Å². The van der Waals surface area contributed by atoms with Crippen LogP contribution in [0.2, 0.25) is 0 Å². The van der Waals surface area contributed by atoms with Gasteiger partial charge in [-0.15, -0.1) is 0 Å². The summed E-state index contributed by atoms with van der Waals surface area (Å²) in [6, 6.07) is -0.396. The largest absolute Gasteiger partial charge is 0.396 e. The summed E-state index contributed by atoms with van der Waals surface area (Å²) in [6.45, 7) is 1.85. The van der Waals surface area contributed by atoms with Crippen LogP contribution in [0.25, 0.3) is 0 Å². The summed E-state index contributed by atoms with van der Waals surface area (Å²) in [5, 5.41) is 19.4. The first-order valence-electron chi connectivity index (χ1n) is 6.79. The molecule has 0 aliphatic heterocycles. The fourth-order valence-corrected chi connectivity index (χ4v) is 3.00. The molecular formula is C13H19FN2O4. The Morgan fingerprint density at radius 1 is 1.55 bits per heavy atom. The van der Waals surface area contributed by atoms with Gasteiger partial charge >= 0.3 is 5.69 Å². The van der Waals surface area contributed by atoms with Gasteiger partial charge in [0.2, 0.25) is 5.82 Å². The zero-order valence-corrected chi connectivity index (χ0v) is 11.3. The summed E-state index contributed by atoms with van der Waals surface area (Å²) in [7, 11) is 0. The number of hydrogen-bond acceptors (Lipinski definition) is 4. The van der Waals surface area contributed by atoms with Crippen LogP contribution in [0, 0.1) is 17.7 Å². The van der Waals surface area contributed by atoms with Gasteiger partial charge in [-0.25, -0.2) is 4.79 Å². The Kier molecular flexibility index (Phi) is 4.39. The summed E-state index contributed by atoms with van der Waals surface area (Å²) in [4.78, 5) is 24.7. The first-order valence-corrected chi connectivity index (χ1v) is 6.79. The van der Waals surface area contributed by atoms with Crippen LogP contribution < -0.4 is 11.2 Å². The predicted octanol–water partition coefficient (Wildman–Crippen LogP) is 0.00620. The van der Waals surface area contributed by atoms with E-state index in [0.29, 0.717) is 12.8 Å².